The minimum absolute atomic E-state index is 0.0176. The maximum atomic E-state index is 12.6. The van der Waals surface area contributed by atoms with Crippen LogP contribution in [0.2, 0.25) is 5.02 Å². The van der Waals surface area contributed by atoms with Gasteiger partial charge in [0.05, 0.1) is 24.4 Å². The number of amides is 1. The molecule has 0 atom stereocenters. The van der Waals surface area contributed by atoms with Crippen molar-refractivity contribution in [3.63, 3.8) is 0 Å². The number of hydrogen-bond donors (Lipinski definition) is 0. The largest absolute Gasteiger partial charge is 0.493 e. The van der Waals surface area contributed by atoms with Crippen LogP contribution in [0.15, 0.2) is 22.7 Å². The van der Waals surface area contributed by atoms with Crippen molar-refractivity contribution >= 4 is 23.6 Å². The van der Waals surface area contributed by atoms with E-state index in [0.717, 1.165) is 42.2 Å². The van der Waals surface area contributed by atoms with Crippen LogP contribution in [0.25, 0.3) is 6.08 Å². The first-order chi connectivity index (χ1) is 14.4. The normalized spacial score (nSPS) is 15.0. The Hall–Kier alpha value is -2.51. The van der Waals surface area contributed by atoms with Crippen LogP contribution < -0.4 is 9.47 Å². The van der Waals surface area contributed by atoms with Crippen molar-refractivity contribution in [2.24, 2.45) is 0 Å². The number of methoxy groups -OCH3 is 1. The lowest BCUT2D eigenvalue weighted by atomic mass is 10.1. The summed E-state index contributed by atoms with van der Waals surface area (Å²) in [6.45, 7) is 10.0. The molecule has 8 heteroatoms. The Morgan fingerprint density at radius 1 is 1.27 bits per heavy atom. The first kappa shape index (κ1) is 22.2. The van der Waals surface area contributed by atoms with E-state index < -0.39 is 0 Å². The number of ether oxygens (including phenoxy) is 2. The molecule has 7 nitrogen and oxygen atoms in total. The Balaban J connectivity index is 1.58. The zero-order chi connectivity index (χ0) is 21.7. The molecule has 3 rings (SSSR count). The van der Waals surface area contributed by atoms with Gasteiger partial charge in [0, 0.05) is 44.4 Å². The summed E-state index contributed by atoms with van der Waals surface area (Å²) >= 11 is 6.30. The minimum atomic E-state index is -0.0176. The van der Waals surface area contributed by atoms with Crippen molar-refractivity contribution in [1.29, 1.82) is 0 Å². The number of aryl methyl sites for hydroxylation is 2. The number of hydrogen-bond acceptors (Lipinski definition) is 6. The molecule has 1 saturated heterocycles. The van der Waals surface area contributed by atoms with Gasteiger partial charge in [0.25, 0.3) is 0 Å². The fraction of sp³-hybridized carbons (Fsp3) is 0.455. The third kappa shape index (κ3) is 5.15. The number of halogens is 1. The molecule has 2 aromatic rings. The van der Waals surface area contributed by atoms with E-state index in [1.807, 2.05) is 31.7 Å². The van der Waals surface area contributed by atoms with Gasteiger partial charge in [-0.1, -0.05) is 16.8 Å². The SMILES string of the molecule is CCOc1c(Cl)cc(C=CC(=O)N2CCN(Cc3c(C)noc3C)CC2)cc1OC. The lowest BCUT2D eigenvalue weighted by molar-refractivity contribution is -0.127. The summed E-state index contributed by atoms with van der Waals surface area (Å²) in [6.07, 6.45) is 3.33. The van der Waals surface area contributed by atoms with Gasteiger partial charge in [-0.15, -0.1) is 0 Å². The zero-order valence-electron chi connectivity index (χ0n) is 17.9. The Morgan fingerprint density at radius 2 is 2.00 bits per heavy atom. The van der Waals surface area contributed by atoms with E-state index in [9.17, 15) is 4.79 Å². The van der Waals surface area contributed by atoms with E-state index in [1.54, 1.807) is 25.3 Å². The lowest BCUT2D eigenvalue weighted by Crippen LogP contribution is -2.47. The predicted molar refractivity (Wildman–Crippen MR) is 116 cm³/mol. The van der Waals surface area contributed by atoms with Crippen molar-refractivity contribution in [1.82, 2.24) is 15.0 Å². The number of aromatic nitrogens is 1. The molecule has 2 heterocycles. The van der Waals surface area contributed by atoms with Gasteiger partial charge in [-0.2, -0.15) is 0 Å². The van der Waals surface area contributed by atoms with E-state index in [1.165, 1.54) is 0 Å². The number of nitrogens with zero attached hydrogens (tertiary/aromatic N) is 3. The summed E-state index contributed by atoms with van der Waals surface area (Å²) < 4.78 is 16.1. The van der Waals surface area contributed by atoms with Crippen LogP contribution in [0, 0.1) is 13.8 Å². The topological polar surface area (TPSA) is 68.0 Å². The quantitative estimate of drug-likeness (QED) is 0.620. The Kier molecular flexibility index (Phi) is 7.39. The second kappa shape index (κ2) is 10.00. The summed E-state index contributed by atoms with van der Waals surface area (Å²) in [5, 5.41) is 4.47. The molecule has 30 heavy (non-hydrogen) atoms. The number of carbonyl (C=O) groups is 1. The lowest BCUT2D eigenvalue weighted by Gasteiger charge is -2.34. The van der Waals surface area contributed by atoms with Gasteiger partial charge in [-0.3, -0.25) is 9.69 Å². The Bertz CT molecular complexity index is 898. The molecule has 1 aliphatic rings. The Labute approximate surface area is 182 Å². The highest BCUT2D eigenvalue weighted by Gasteiger charge is 2.22. The monoisotopic (exact) mass is 433 g/mol. The van der Waals surface area contributed by atoms with E-state index in [2.05, 4.69) is 10.1 Å². The number of piperazine rings is 1. The molecular weight excluding hydrogens is 406 g/mol. The predicted octanol–water partition coefficient (Wildman–Crippen LogP) is 3.71. The van der Waals surface area contributed by atoms with Gasteiger partial charge in [0.2, 0.25) is 5.91 Å². The van der Waals surface area contributed by atoms with Gasteiger partial charge in [-0.05, 0) is 44.5 Å². The third-order valence-electron chi connectivity index (χ3n) is 5.21. The molecule has 1 aromatic heterocycles. The molecule has 0 unspecified atom stereocenters. The summed E-state index contributed by atoms with van der Waals surface area (Å²) in [5.41, 5.74) is 2.85. The fourth-order valence-corrected chi connectivity index (χ4v) is 3.74. The molecule has 1 aromatic carbocycles. The first-order valence-electron chi connectivity index (χ1n) is 10.0. The average Bonchev–Trinajstić information content (AvgIpc) is 3.06. The van der Waals surface area contributed by atoms with Gasteiger partial charge < -0.3 is 18.9 Å². The van der Waals surface area contributed by atoms with Gasteiger partial charge in [-0.25, -0.2) is 0 Å². The van der Waals surface area contributed by atoms with Crippen molar-refractivity contribution in [2.75, 3.05) is 39.9 Å². The molecule has 0 N–H and O–H groups in total. The van der Waals surface area contributed by atoms with Crippen LogP contribution in [0.3, 0.4) is 0 Å². The summed E-state index contributed by atoms with van der Waals surface area (Å²) in [5.74, 6) is 1.90. The molecule has 0 radical (unpaired) electrons. The van der Waals surface area contributed by atoms with Crippen LogP contribution in [0.4, 0.5) is 0 Å². The summed E-state index contributed by atoms with van der Waals surface area (Å²) in [4.78, 5) is 16.8. The molecule has 1 fully saturated rings. The van der Waals surface area contributed by atoms with Crippen molar-refractivity contribution in [2.45, 2.75) is 27.3 Å². The van der Waals surface area contributed by atoms with Crippen LogP contribution in [-0.2, 0) is 11.3 Å². The smallest absolute Gasteiger partial charge is 0.246 e. The molecule has 1 aliphatic heterocycles. The standard InChI is InChI=1S/C22H28ClN3O4/c1-5-29-22-19(23)12-17(13-20(22)28-4)6-7-21(27)26-10-8-25(9-11-26)14-18-15(2)24-30-16(18)3/h6-7,12-13H,5,8-11,14H2,1-4H3. The molecule has 0 bridgehead atoms. The third-order valence-corrected chi connectivity index (χ3v) is 5.49. The molecule has 1 amide bonds. The van der Waals surface area contributed by atoms with Crippen LogP contribution in [-0.4, -0.2) is 60.8 Å². The first-order valence-corrected chi connectivity index (χ1v) is 10.4. The van der Waals surface area contributed by atoms with Crippen LogP contribution >= 0.6 is 11.6 Å². The highest BCUT2D eigenvalue weighted by Crippen LogP contribution is 2.36. The molecule has 0 aliphatic carbocycles. The second-order valence-electron chi connectivity index (χ2n) is 7.20. The van der Waals surface area contributed by atoms with E-state index in [-0.39, 0.29) is 5.91 Å². The number of rotatable bonds is 7. The average molecular weight is 434 g/mol. The van der Waals surface area contributed by atoms with Gasteiger partial charge in [0.15, 0.2) is 11.5 Å². The highest BCUT2D eigenvalue weighted by molar-refractivity contribution is 6.32. The summed E-state index contributed by atoms with van der Waals surface area (Å²) in [7, 11) is 1.56. The maximum Gasteiger partial charge on any atom is 0.246 e. The Morgan fingerprint density at radius 3 is 2.60 bits per heavy atom. The second-order valence-corrected chi connectivity index (χ2v) is 7.61. The maximum absolute atomic E-state index is 12.6. The summed E-state index contributed by atoms with van der Waals surface area (Å²) in [6, 6.07) is 3.57. The molecule has 0 saturated carbocycles. The van der Waals surface area contributed by atoms with E-state index in [4.69, 9.17) is 25.6 Å². The fourth-order valence-electron chi connectivity index (χ4n) is 3.47. The molecule has 0 spiro atoms. The van der Waals surface area contributed by atoms with Gasteiger partial charge >= 0.3 is 0 Å². The molecule has 162 valence electrons. The zero-order valence-corrected chi connectivity index (χ0v) is 18.7. The van der Waals surface area contributed by atoms with Crippen LogP contribution in [0.1, 0.15) is 29.5 Å². The van der Waals surface area contributed by atoms with Crippen molar-refractivity contribution in [3.8, 4) is 11.5 Å². The number of benzene rings is 1. The van der Waals surface area contributed by atoms with E-state index >= 15 is 0 Å². The highest BCUT2D eigenvalue weighted by atomic mass is 35.5. The number of carbonyl (C=O) groups excluding carboxylic acids is 1. The van der Waals surface area contributed by atoms with Crippen molar-refractivity contribution in [3.05, 3.63) is 45.8 Å². The minimum Gasteiger partial charge on any atom is -0.493 e. The molecular formula is C22H28ClN3O4. The van der Waals surface area contributed by atoms with Crippen LogP contribution in [0.5, 0.6) is 11.5 Å². The van der Waals surface area contributed by atoms with E-state index in [0.29, 0.717) is 36.2 Å². The van der Waals surface area contributed by atoms with Crippen molar-refractivity contribution < 1.29 is 18.8 Å². The van der Waals surface area contributed by atoms with Gasteiger partial charge in [0.1, 0.15) is 5.76 Å².